The van der Waals surface area contributed by atoms with E-state index in [1.54, 1.807) is 0 Å². The van der Waals surface area contributed by atoms with Gasteiger partial charge >= 0.3 is 0 Å². The number of aliphatic hydroxyl groups excluding tert-OH is 1. The van der Waals surface area contributed by atoms with Gasteiger partial charge in [-0.3, -0.25) is 4.90 Å². The van der Waals surface area contributed by atoms with E-state index in [4.69, 9.17) is 0 Å². The predicted molar refractivity (Wildman–Crippen MR) is 78.2 cm³/mol. The quantitative estimate of drug-likeness (QED) is 0.636. The Morgan fingerprint density at radius 1 is 1.16 bits per heavy atom. The minimum atomic E-state index is 0.0114. The van der Waals surface area contributed by atoms with Gasteiger partial charge in [0.05, 0.1) is 12.1 Å². The van der Waals surface area contributed by atoms with E-state index in [-0.39, 0.29) is 5.54 Å². The number of unbranched alkanes of at least 4 members (excludes halogenated alkanes) is 1. The van der Waals surface area contributed by atoms with Crippen molar-refractivity contribution < 1.29 is 5.11 Å². The fraction of sp³-hybridized carbons (Fsp3) is 1.00. The molecule has 0 aromatic heterocycles. The first-order chi connectivity index (χ1) is 9.27. The lowest BCUT2D eigenvalue weighted by Crippen LogP contribution is -2.59. The second kappa shape index (κ2) is 5.71. The number of hydrogen-bond donors (Lipinski definition) is 2. The van der Waals surface area contributed by atoms with Crippen LogP contribution >= 0.6 is 0 Å². The summed E-state index contributed by atoms with van der Waals surface area (Å²) in [5.41, 5.74) is 0.0114. The van der Waals surface area contributed by atoms with Crippen molar-refractivity contribution in [2.75, 3.05) is 19.7 Å². The molecule has 19 heavy (non-hydrogen) atoms. The molecule has 0 aromatic carbocycles. The average Bonchev–Trinajstić information content (AvgIpc) is 3.29. The molecule has 0 bridgehead atoms. The summed E-state index contributed by atoms with van der Waals surface area (Å²) in [6, 6.07) is 1.51. The summed E-state index contributed by atoms with van der Waals surface area (Å²) in [6.07, 6.45) is 10.6. The lowest BCUT2D eigenvalue weighted by Gasteiger charge is -2.39. The second-order valence-corrected chi connectivity index (χ2v) is 7.06. The minimum absolute atomic E-state index is 0.0114. The maximum Gasteiger partial charge on any atom is 0.0628 e. The van der Waals surface area contributed by atoms with Gasteiger partial charge in [0.25, 0.3) is 0 Å². The number of nitrogens with zero attached hydrogens (tertiary/aromatic N) is 1. The number of rotatable bonds is 10. The van der Waals surface area contributed by atoms with E-state index in [0.717, 1.165) is 18.5 Å². The van der Waals surface area contributed by atoms with E-state index in [1.165, 1.54) is 57.9 Å². The third-order valence-electron chi connectivity index (χ3n) is 5.06. The topological polar surface area (TPSA) is 35.5 Å². The van der Waals surface area contributed by atoms with Crippen LogP contribution in [0.15, 0.2) is 0 Å². The van der Waals surface area contributed by atoms with Crippen LogP contribution in [0.4, 0.5) is 0 Å². The Kier molecular flexibility index (Phi) is 4.16. The molecular formula is C16H30N2O. The Morgan fingerprint density at radius 3 is 2.37 bits per heavy atom. The Labute approximate surface area is 117 Å². The smallest absolute Gasteiger partial charge is 0.0628 e. The largest absolute Gasteiger partial charge is 0.394 e. The highest BCUT2D eigenvalue weighted by molar-refractivity contribution is 5.07. The molecule has 3 saturated carbocycles. The molecule has 0 saturated heterocycles. The summed E-state index contributed by atoms with van der Waals surface area (Å²) in [5.74, 6) is 0.723. The third-order valence-corrected chi connectivity index (χ3v) is 5.06. The first-order valence-electron chi connectivity index (χ1n) is 8.40. The van der Waals surface area contributed by atoms with E-state index >= 15 is 0 Å². The van der Waals surface area contributed by atoms with Crippen molar-refractivity contribution in [3.05, 3.63) is 0 Å². The van der Waals surface area contributed by atoms with Crippen LogP contribution in [0.3, 0.4) is 0 Å². The summed E-state index contributed by atoms with van der Waals surface area (Å²) in [6.45, 7) is 4.90. The summed E-state index contributed by atoms with van der Waals surface area (Å²) in [7, 11) is 0. The molecule has 3 aliphatic rings. The zero-order valence-corrected chi connectivity index (χ0v) is 12.4. The summed E-state index contributed by atoms with van der Waals surface area (Å²) >= 11 is 0. The molecule has 0 aromatic rings. The predicted octanol–water partition coefficient (Wildman–Crippen LogP) is 2.14. The Bertz CT molecular complexity index is 297. The van der Waals surface area contributed by atoms with Crippen molar-refractivity contribution in [3.8, 4) is 0 Å². The molecule has 1 atom stereocenters. The van der Waals surface area contributed by atoms with E-state index in [1.807, 2.05) is 0 Å². The molecule has 0 spiro atoms. The normalized spacial score (nSPS) is 26.7. The van der Waals surface area contributed by atoms with Crippen LogP contribution in [0.25, 0.3) is 0 Å². The van der Waals surface area contributed by atoms with E-state index < -0.39 is 0 Å². The number of hydrogen-bond acceptors (Lipinski definition) is 3. The van der Waals surface area contributed by atoms with Gasteiger partial charge in [-0.2, -0.15) is 0 Å². The van der Waals surface area contributed by atoms with Gasteiger partial charge in [-0.15, -0.1) is 0 Å². The fourth-order valence-electron chi connectivity index (χ4n) is 3.34. The summed E-state index contributed by atoms with van der Waals surface area (Å²) in [5, 5.41) is 13.9. The highest BCUT2D eigenvalue weighted by Gasteiger charge is 2.49. The zero-order valence-electron chi connectivity index (χ0n) is 12.4. The maximum absolute atomic E-state index is 10.1. The van der Waals surface area contributed by atoms with Gasteiger partial charge in [-0.25, -0.2) is 0 Å². The zero-order chi connectivity index (χ0) is 13.3. The Hall–Kier alpha value is -0.120. The molecule has 3 aliphatic carbocycles. The van der Waals surface area contributed by atoms with Crippen LogP contribution in [-0.2, 0) is 0 Å². The average molecular weight is 266 g/mol. The molecule has 0 heterocycles. The molecule has 3 nitrogen and oxygen atoms in total. The Morgan fingerprint density at radius 2 is 1.89 bits per heavy atom. The number of nitrogens with one attached hydrogen (secondary N) is 1. The van der Waals surface area contributed by atoms with Crippen LogP contribution in [0.1, 0.15) is 58.3 Å². The van der Waals surface area contributed by atoms with Crippen LogP contribution < -0.4 is 5.32 Å². The lowest BCUT2D eigenvalue weighted by atomic mass is 9.92. The molecule has 0 radical (unpaired) electrons. The van der Waals surface area contributed by atoms with Gasteiger partial charge in [-0.1, -0.05) is 13.3 Å². The molecule has 0 amide bonds. The minimum Gasteiger partial charge on any atom is -0.394 e. The first-order valence-corrected chi connectivity index (χ1v) is 8.40. The van der Waals surface area contributed by atoms with Gasteiger partial charge < -0.3 is 10.4 Å². The molecule has 3 rings (SSSR count). The van der Waals surface area contributed by atoms with Gasteiger partial charge in [0.15, 0.2) is 0 Å². The number of aliphatic hydroxyl groups is 1. The van der Waals surface area contributed by atoms with E-state index in [2.05, 4.69) is 17.1 Å². The molecule has 0 aliphatic heterocycles. The monoisotopic (exact) mass is 266 g/mol. The standard InChI is InChI=1S/C16H30N2O/c1-2-3-10-18(15-8-9-15)11-16(12-19,13-4-5-13)17-14-6-7-14/h13-15,17,19H,2-12H2,1H3. The SMILES string of the molecule is CCCCN(CC(CO)(NC1CC1)C1CC1)C1CC1. The van der Waals surface area contributed by atoms with Crippen molar-refractivity contribution in [1.82, 2.24) is 10.2 Å². The molecule has 3 heteroatoms. The van der Waals surface area contributed by atoms with Crippen molar-refractivity contribution in [2.45, 2.75) is 75.9 Å². The fourth-order valence-corrected chi connectivity index (χ4v) is 3.34. The van der Waals surface area contributed by atoms with Crippen molar-refractivity contribution in [3.63, 3.8) is 0 Å². The van der Waals surface area contributed by atoms with Gasteiger partial charge in [0.1, 0.15) is 0 Å². The van der Waals surface area contributed by atoms with Crippen LogP contribution in [-0.4, -0.2) is 47.3 Å². The summed E-state index contributed by atoms with van der Waals surface area (Å²) < 4.78 is 0. The van der Waals surface area contributed by atoms with Gasteiger partial charge in [0, 0.05) is 18.6 Å². The first kappa shape index (κ1) is 13.8. The molecule has 2 N–H and O–H groups in total. The van der Waals surface area contributed by atoms with Crippen LogP contribution in [0.5, 0.6) is 0 Å². The van der Waals surface area contributed by atoms with Gasteiger partial charge in [0.2, 0.25) is 0 Å². The third kappa shape index (κ3) is 3.50. The second-order valence-electron chi connectivity index (χ2n) is 7.06. The van der Waals surface area contributed by atoms with E-state index in [9.17, 15) is 5.11 Å². The molecule has 3 fully saturated rings. The molecular weight excluding hydrogens is 236 g/mol. The molecule has 110 valence electrons. The maximum atomic E-state index is 10.1. The van der Waals surface area contributed by atoms with Gasteiger partial charge in [-0.05, 0) is 57.4 Å². The van der Waals surface area contributed by atoms with Crippen molar-refractivity contribution in [1.29, 1.82) is 0 Å². The van der Waals surface area contributed by atoms with Crippen LogP contribution in [0, 0.1) is 5.92 Å². The lowest BCUT2D eigenvalue weighted by molar-refractivity contribution is 0.0844. The highest BCUT2D eigenvalue weighted by atomic mass is 16.3. The van der Waals surface area contributed by atoms with E-state index in [0.29, 0.717) is 12.6 Å². The molecule has 1 unspecified atom stereocenters. The van der Waals surface area contributed by atoms with Crippen LogP contribution in [0.2, 0.25) is 0 Å². The van der Waals surface area contributed by atoms with Crippen molar-refractivity contribution >= 4 is 0 Å². The highest BCUT2D eigenvalue weighted by Crippen LogP contribution is 2.43. The Balaban J connectivity index is 1.63. The van der Waals surface area contributed by atoms with Crippen molar-refractivity contribution in [2.24, 2.45) is 5.92 Å². The summed E-state index contributed by atoms with van der Waals surface area (Å²) in [4.78, 5) is 2.67.